The predicted molar refractivity (Wildman–Crippen MR) is 110 cm³/mol. The topological polar surface area (TPSA) is 39.7 Å². The average Bonchev–Trinajstić information content (AvgIpc) is 3.38. The third kappa shape index (κ3) is 3.08. The van der Waals surface area contributed by atoms with Gasteiger partial charge >= 0.3 is 6.03 Å². The summed E-state index contributed by atoms with van der Waals surface area (Å²) < 4.78 is 0. The average molecular weight is 377 g/mol. The second-order valence-electron chi connectivity index (χ2n) is 8.46. The van der Waals surface area contributed by atoms with E-state index in [1.165, 1.54) is 5.56 Å². The van der Waals surface area contributed by atoms with Gasteiger partial charge in [-0.05, 0) is 62.5 Å². The summed E-state index contributed by atoms with van der Waals surface area (Å²) in [7, 11) is 0. The molecule has 1 aromatic heterocycles. The molecule has 5 rings (SSSR count). The summed E-state index contributed by atoms with van der Waals surface area (Å²) in [6.45, 7) is 5.66. The summed E-state index contributed by atoms with van der Waals surface area (Å²) in [5, 5.41) is 0. The Balaban J connectivity index is 1.34. The van der Waals surface area contributed by atoms with Gasteiger partial charge in [0.05, 0.1) is 5.69 Å². The molecule has 3 aliphatic rings. The number of nitrogens with zero attached hydrogens (tertiary/aromatic N) is 4. The molecule has 0 aliphatic carbocycles. The molecule has 5 heteroatoms. The van der Waals surface area contributed by atoms with E-state index in [0.29, 0.717) is 0 Å². The van der Waals surface area contributed by atoms with Crippen LogP contribution >= 0.6 is 0 Å². The van der Waals surface area contributed by atoms with Crippen LogP contribution in [-0.2, 0) is 12.0 Å². The first kappa shape index (κ1) is 17.7. The van der Waals surface area contributed by atoms with E-state index >= 15 is 0 Å². The highest BCUT2D eigenvalue weighted by Gasteiger charge is 2.47. The Bertz CT molecular complexity index is 839. The number of anilines is 1. The molecule has 0 saturated carbocycles. The third-order valence-electron chi connectivity index (χ3n) is 6.76. The largest absolute Gasteiger partial charge is 0.324 e. The molecule has 2 aromatic rings. The van der Waals surface area contributed by atoms with Crippen LogP contribution in [0.5, 0.6) is 0 Å². The van der Waals surface area contributed by atoms with Gasteiger partial charge in [-0.15, -0.1) is 0 Å². The zero-order valence-corrected chi connectivity index (χ0v) is 16.4. The fraction of sp³-hybridized carbons (Fsp3) is 0.478. The van der Waals surface area contributed by atoms with Gasteiger partial charge in [-0.3, -0.25) is 14.8 Å². The molecule has 146 valence electrons. The molecule has 5 nitrogen and oxygen atoms in total. The Hall–Kier alpha value is -2.40. The van der Waals surface area contributed by atoms with Crippen molar-refractivity contribution in [3.63, 3.8) is 0 Å². The van der Waals surface area contributed by atoms with Gasteiger partial charge in [-0.1, -0.05) is 24.3 Å². The normalized spacial score (nSPS) is 21.3. The molecule has 4 heterocycles. The van der Waals surface area contributed by atoms with Crippen molar-refractivity contribution in [3.05, 3.63) is 59.9 Å². The minimum Gasteiger partial charge on any atom is -0.324 e. The highest BCUT2D eigenvalue weighted by atomic mass is 16.2. The van der Waals surface area contributed by atoms with Gasteiger partial charge in [-0.25, -0.2) is 4.79 Å². The predicted octanol–water partition coefficient (Wildman–Crippen LogP) is 3.65. The molecule has 0 radical (unpaired) electrons. The molecule has 2 amide bonds. The highest BCUT2D eigenvalue weighted by molar-refractivity contribution is 5.95. The number of fused-ring (bicyclic) bond motifs is 2. The summed E-state index contributed by atoms with van der Waals surface area (Å²) >= 11 is 0. The number of hydrogen-bond donors (Lipinski definition) is 0. The summed E-state index contributed by atoms with van der Waals surface area (Å²) in [4.78, 5) is 24.3. The van der Waals surface area contributed by atoms with E-state index < -0.39 is 0 Å². The molecular formula is C23H28N4O. The van der Waals surface area contributed by atoms with Crippen LogP contribution in [0.3, 0.4) is 0 Å². The van der Waals surface area contributed by atoms with Crippen LogP contribution in [0.2, 0.25) is 0 Å². The van der Waals surface area contributed by atoms with Crippen LogP contribution in [0, 0.1) is 0 Å². The van der Waals surface area contributed by atoms with Crippen molar-refractivity contribution in [2.45, 2.75) is 37.6 Å². The Labute approximate surface area is 167 Å². The fourth-order valence-electron chi connectivity index (χ4n) is 5.17. The van der Waals surface area contributed by atoms with Crippen molar-refractivity contribution in [3.8, 4) is 0 Å². The number of aromatic nitrogens is 1. The minimum absolute atomic E-state index is 0.104. The van der Waals surface area contributed by atoms with Crippen LogP contribution in [0.4, 0.5) is 10.5 Å². The number of amides is 2. The van der Waals surface area contributed by atoms with Crippen molar-refractivity contribution in [1.82, 2.24) is 14.8 Å². The molecule has 2 fully saturated rings. The van der Waals surface area contributed by atoms with Gasteiger partial charge in [-0.2, -0.15) is 0 Å². The van der Waals surface area contributed by atoms with Gasteiger partial charge in [0.15, 0.2) is 0 Å². The smallest absolute Gasteiger partial charge is 0.324 e. The van der Waals surface area contributed by atoms with E-state index in [1.54, 1.807) is 0 Å². The lowest BCUT2D eigenvalue weighted by Crippen LogP contribution is -2.48. The van der Waals surface area contributed by atoms with Crippen molar-refractivity contribution in [2.75, 3.05) is 37.6 Å². The van der Waals surface area contributed by atoms with Gasteiger partial charge in [0.2, 0.25) is 0 Å². The van der Waals surface area contributed by atoms with E-state index in [-0.39, 0.29) is 11.4 Å². The van der Waals surface area contributed by atoms with E-state index in [0.717, 1.165) is 76.3 Å². The first-order chi connectivity index (χ1) is 13.8. The number of carbonyl (C=O) groups is 1. The van der Waals surface area contributed by atoms with Crippen molar-refractivity contribution < 1.29 is 4.79 Å². The number of benzene rings is 1. The van der Waals surface area contributed by atoms with Crippen LogP contribution in [-0.4, -0.2) is 53.5 Å². The molecular weight excluding hydrogens is 348 g/mol. The maximum absolute atomic E-state index is 13.2. The number of hydrogen-bond acceptors (Lipinski definition) is 3. The van der Waals surface area contributed by atoms with Crippen molar-refractivity contribution in [2.24, 2.45) is 0 Å². The quantitative estimate of drug-likeness (QED) is 0.803. The molecule has 0 unspecified atom stereocenters. The number of likely N-dealkylation sites (tertiary alicyclic amines) is 2. The number of rotatable bonds is 2. The minimum atomic E-state index is 0.104. The molecule has 28 heavy (non-hydrogen) atoms. The number of piperidine rings is 1. The van der Waals surface area contributed by atoms with E-state index in [1.807, 2.05) is 17.2 Å². The standard InChI is InChI=1S/C23H28N4O/c28-22(26-13-5-6-14-26)27-18-23(20-8-1-2-9-21(20)27)10-15-25(16-11-23)17-19-7-3-4-12-24-19/h1-4,7-9,12H,5-6,10-11,13-18H2. The second kappa shape index (κ2) is 7.21. The van der Waals surface area contributed by atoms with Crippen LogP contribution in [0.25, 0.3) is 0 Å². The lowest BCUT2D eigenvalue weighted by atomic mass is 9.74. The first-order valence-electron chi connectivity index (χ1n) is 10.5. The maximum Gasteiger partial charge on any atom is 0.324 e. The lowest BCUT2D eigenvalue weighted by Gasteiger charge is -2.40. The van der Waals surface area contributed by atoms with Gasteiger partial charge in [0, 0.05) is 43.5 Å². The molecule has 1 spiro atoms. The van der Waals surface area contributed by atoms with Gasteiger partial charge < -0.3 is 4.90 Å². The fourth-order valence-corrected chi connectivity index (χ4v) is 5.17. The van der Waals surface area contributed by atoms with Crippen LogP contribution in [0.15, 0.2) is 48.7 Å². The number of para-hydroxylation sites is 1. The van der Waals surface area contributed by atoms with E-state index in [4.69, 9.17) is 0 Å². The van der Waals surface area contributed by atoms with Crippen LogP contribution in [0.1, 0.15) is 36.9 Å². The zero-order chi connectivity index (χ0) is 19.0. The highest BCUT2D eigenvalue weighted by Crippen LogP contribution is 2.47. The monoisotopic (exact) mass is 376 g/mol. The Kier molecular flexibility index (Phi) is 4.55. The molecule has 3 aliphatic heterocycles. The summed E-state index contributed by atoms with van der Waals surface area (Å²) in [6, 6.07) is 14.9. The number of urea groups is 1. The van der Waals surface area contributed by atoms with E-state index in [2.05, 4.69) is 51.2 Å². The van der Waals surface area contributed by atoms with Crippen LogP contribution < -0.4 is 4.90 Å². The van der Waals surface area contributed by atoms with Crippen molar-refractivity contribution >= 4 is 11.7 Å². The lowest BCUT2D eigenvalue weighted by molar-refractivity contribution is 0.157. The molecule has 1 aromatic carbocycles. The SMILES string of the molecule is O=C(N1CCCC1)N1CC2(CCN(Cc3ccccn3)CC2)c2ccccc21. The Morgan fingerprint density at radius 3 is 2.46 bits per heavy atom. The first-order valence-corrected chi connectivity index (χ1v) is 10.5. The molecule has 0 N–H and O–H groups in total. The molecule has 2 saturated heterocycles. The van der Waals surface area contributed by atoms with E-state index in [9.17, 15) is 4.79 Å². The molecule has 0 bridgehead atoms. The second-order valence-corrected chi connectivity index (χ2v) is 8.46. The third-order valence-corrected chi connectivity index (χ3v) is 6.76. The Morgan fingerprint density at radius 2 is 1.71 bits per heavy atom. The number of carbonyl (C=O) groups excluding carboxylic acids is 1. The molecule has 0 atom stereocenters. The summed E-state index contributed by atoms with van der Waals surface area (Å²) in [5.41, 5.74) is 3.75. The zero-order valence-electron chi connectivity index (χ0n) is 16.4. The van der Waals surface area contributed by atoms with Crippen molar-refractivity contribution in [1.29, 1.82) is 0 Å². The van der Waals surface area contributed by atoms with Gasteiger partial charge in [0.1, 0.15) is 0 Å². The summed E-state index contributed by atoms with van der Waals surface area (Å²) in [5.74, 6) is 0. The van der Waals surface area contributed by atoms with Gasteiger partial charge in [0.25, 0.3) is 0 Å². The summed E-state index contributed by atoms with van der Waals surface area (Å²) in [6.07, 6.45) is 6.33. The number of pyridine rings is 1. The maximum atomic E-state index is 13.2. The Morgan fingerprint density at radius 1 is 0.964 bits per heavy atom.